The molecule has 0 aromatic rings. The van der Waals surface area contributed by atoms with E-state index in [2.05, 4.69) is 17.3 Å². The zero-order chi connectivity index (χ0) is 12.6. The Kier molecular flexibility index (Phi) is 3.65. The van der Waals surface area contributed by atoms with E-state index in [0.29, 0.717) is 11.3 Å². The van der Waals surface area contributed by atoms with Gasteiger partial charge in [0.25, 0.3) is 0 Å². The average molecular weight is 252 g/mol. The largest absolute Gasteiger partial charge is 0.393 e. The molecule has 1 aliphatic heterocycles. The van der Waals surface area contributed by atoms with E-state index in [9.17, 15) is 5.11 Å². The molecule has 3 atom stereocenters. The second-order valence-corrected chi connectivity index (χ2v) is 7.00. The van der Waals surface area contributed by atoms with Gasteiger partial charge in [0.2, 0.25) is 0 Å². The van der Waals surface area contributed by atoms with Crippen LogP contribution in [0.1, 0.15) is 38.5 Å². The van der Waals surface area contributed by atoms with Gasteiger partial charge in [0, 0.05) is 32.1 Å². The Morgan fingerprint density at radius 1 is 1.22 bits per heavy atom. The minimum Gasteiger partial charge on any atom is -0.393 e. The van der Waals surface area contributed by atoms with E-state index in [1.807, 2.05) is 0 Å². The van der Waals surface area contributed by atoms with Crippen LogP contribution in [0.25, 0.3) is 0 Å². The first-order valence-electron chi connectivity index (χ1n) is 7.77. The smallest absolute Gasteiger partial charge is 0.0583 e. The lowest BCUT2D eigenvalue weighted by molar-refractivity contribution is 0.113. The molecule has 18 heavy (non-hydrogen) atoms. The van der Waals surface area contributed by atoms with Gasteiger partial charge < -0.3 is 15.3 Å². The third-order valence-corrected chi connectivity index (χ3v) is 5.67. The summed E-state index contributed by atoms with van der Waals surface area (Å²) in [7, 11) is 2.09. The topological polar surface area (TPSA) is 35.5 Å². The van der Waals surface area contributed by atoms with Gasteiger partial charge in [-0.3, -0.25) is 0 Å². The van der Waals surface area contributed by atoms with E-state index >= 15 is 0 Å². The number of aliphatic hydroxyl groups excluding tert-OH is 1. The summed E-state index contributed by atoms with van der Waals surface area (Å²) in [6.07, 6.45) is 7.89. The van der Waals surface area contributed by atoms with E-state index in [-0.39, 0.29) is 6.10 Å². The Morgan fingerprint density at radius 2 is 2.00 bits per heavy atom. The number of hydrogen-bond donors (Lipinski definition) is 2. The van der Waals surface area contributed by atoms with E-state index in [1.165, 1.54) is 51.7 Å². The first-order chi connectivity index (χ1) is 8.72. The third kappa shape index (κ3) is 2.33. The van der Waals surface area contributed by atoms with Gasteiger partial charge in [-0.1, -0.05) is 12.8 Å². The van der Waals surface area contributed by atoms with Crippen LogP contribution < -0.4 is 5.32 Å². The molecule has 3 fully saturated rings. The van der Waals surface area contributed by atoms with Crippen molar-refractivity contribution in [3.05, 3.63) is 0 Å². The highest BCUT2D eigenvalue weighted by Gasteiger charge is 2.44. The van der Waals surface area contributed by atoms with Crippen LogP contribution in [-0.2, 0) is 0 Å². The SMILES string of the molecule is CNCC1(CN2CC3CCC(O)C3C2)CCCC1. The maximum Gasteiger partial charge on any atom is 0.0583 e. The molecule has 3 heteroatoms. The van der Waals surface area contributed by atoms with Crippen molar-refractivity contribution in [1.29, 1.82) is 0 Å². The predicted octanol–water partition coefficient (Wildman–Crippen LogP) is 1.47. The Bertz CT molecular complexity index is 288. The molecule has 2 N–H and O–H groups in total. The molecule has 0 radical (unpaired) electrons. The Labute approximate surface area is 111 Å². The minimum atomic E-state index is -0.0103. The molecule has 3 nitrogen and oxygen atoms in total. The molecular formula is C15H28N2O. The van der Waals surface area contributed by atoms with Crippen molar-refractivity contribution in [3.63, 3.8) is 0 Å². The lowest BCUT2D eigenvalue weighted by atomic mass is 9.85. The third-order valence-electron chi connectivity index (χ3n) is 5.67. The average Bonchev–Trinajstić information content (AvgIpc) is 3.00. The van der Waals surface area contributed by atoms with Crippen molar-refractivity contribution in [2.75, 3.05) is 33.2 Å². The van der Waals surface area contributed by atoms with Gasteiger partial charge in [-0.2, -0.15) is 0 Å². The van der Waals surface area contributed by atoms with Crippen molar-refractivity contribution in [3.8, 4) is 0 Å². The van der Waals surface area contributed by atoms with E-state index < -0.39 is 0 Å². The van der Waals surface area contributed by atoms with Crippen LogP contribution in [0, 0.1) is 17.3 Å². The van der Waals surface area contributed by atoms with E-state index in [4.69, 9.17) is 0 Å². The summed E-state index contributed by atoms with van der Waals surface area (Å²) in [5.41, 5.74) is 0.526. The van der Waals surface area contributed by atoms with Crippen LogP contribution >= 0.6 is 0 Å². The quantitative estimate of drug-likeness (QED) is 0.795. The second-order valence-electron chi connectivity index (χ2n) is 7.00. The Hall–Kier alpha value is -0.120. The van der Waals surface area contributed by atoms with Crippen LogP contribution in [0.5, 0.6) is 0 Å². The molecule has 3 rings (SSSR count). The zero-order valence-electron chi connectivity index (χ0n) is 11.7. The molecule has 0 spiro atoms. The molecule has 1 saturated heterocycles. The summed E-state index contributed by atoms with van der Waals surface area (Å²) < 4.78 is 0. The molecule has 3 aliphatic rings. The molecule has 0 amide bonds. The molecule has 104 valence electrons. The van der Waals surface area contributed by atoms with Gasteiger partial charge in [0.05, 0.1) is 6.10 Å². The monoisotopic (exact) mass is 252 g/mol. The highest BCUT2D eigenvalue weighted by Crippen LogP contribution is 2.42. The minimum absolute atomic E-state index is 0.0103. The second kappa shape index (κ2) is 5.10. The lowest BCUT2D eigenvalue weighted by Gasteiger charge is -2.34. The van der Waals surface area contributed by atoms with Crippen LogP contribution in [0.2, 0.25) is 0 Å². The number of likely N-dealkylation sites (tertiary alicyclic amines) is 1. The van der Waals surface area contributed by atoms with Gasteiger partial charge in [-0.25, -0.2) is 0 Å². The standard InChI is InChI=1S/C15H28N2O/c1-16-10-15(6-2-3-7-15)11-17-8-12-4-5-14(18)13(12)9-17/h12-14,16,18H,2-11H2,1H3. The van der Waals surface area contributed by atoms with Crippen molar-refractivity contribution < 1.29 is 5.11 Å². The number of rotatable bonds is 4. The van der Waals surface area contributed by atoms with Gasteiger partial charge in [0.1, 0.15) is 0 Å². The molecular weight excluding hydrogens is 224 g/mol. The predicted molar refractivity (Wildman–Crippen MR) is 73.5 cm³/mol. The lowest BCUT2D eigenvalue weighted by Crippen LogP contribution is -2.41. The van der Waals surface area contributed by atoms with Crippen LogP contribution in [0.3, 0.4) is 0 Å². The Morgan fingerprint density at radius 3 is 2.67 bits per heavy atom. The van der Waals surface area contributed by atoms with Crippen molar-refractivity contribution in [1.82, 2.24) is 10.2 Å². The first kappa shape index (κ1) is 12.9. The van der Waals surface area contributed by atoms with Gasteiger partial charge in [-0.05, 0) is 44.1 Å². The first-order valence-corrected chi connectivity index (χ1v) is 7.77. The fourth-order valence-electron chi connectivity index (χ4n) is 4.82. The number of aliphatic hydroxyl groups is 1. The van der Waals surface area contributed by atoms with Gasteiger partial charge in [-0.15, -0.1) is 0 Å². The normalized spacial score (nSPS) is 39.3. The highest BCUT2D eigenvalue weighted by atomic mass is 16.3. The maximum absolute atomic E-state index is 10.0. The van der Waals surface area contributed by atoms with Crippen molar-refractivity contribution in [2.45, 2.75) is 44.6 Å². The van der Waals surface area contributed by atoms with Crippen molar-refractivity contribution >= 4 is 0 Å². The van der Waals surface area contributed by atoms with Crippen LogP contribution in [0.15, 0.2) is 0 Å². The summed E-state index contributed by atoms with van der Waals surface area (Å²) in [5, 5.41) is 13.4. The summed E-state index contributed by atoms with van der Waals surface area (Å²) in [6, 6.07) is 0. The number of hydrogen-bond acceptors (Lipinski definition) is 3. The van der Waals surface area contributed by atoms with Gasteiger partial charge in [0.15, 0.2) is 0 Å². The molecule has 1 heterocycles. The zero-order valence-corrected chi connectivity index (χ0v) is 11.7. The fourth-order valence-corrected chi connectivity index (χ4v) is 4.82. The molecule has 2 saturated carbocycles. The molecule has 2 aliphatic carbocycles. The number of nitrogens with one attached hydrogen (secondary N) is 1. The number of nitrogens with zero attached hydrogens (tertiary/aromatic N) is 1. The summed E-state index contributed by atoms with van der Waals surface area (Å²) in [4.78, 5) is 2.65. The van der Waals surface area contributed by atoms with Gasteiger partial charge >= 0.3 is 0 Å². The highest BCUT2D eigenvalue weighted by molar-refractivity contribution is 4.97. The van der Waals surface area contributed by atoms with Crippen LogP contribution in [0.4, 0.5) is 0 Å². The summed E-state index contributed by atoms with van der Waals surface area (Å²) >= 11 is 0. The number of fused-ring (bicyclic) bond motifs is 1. The molecule has 0 aromatic carbocycles. The van der Waals surface area contributed by atoms with Crippen molar-refractivity contribution in [2.24, 2.45) is 17.3 Å². The van der Waals surface area contributed by atoms with Crippen LogP contribution in [-0.4, -0.2) is 49.3 Å². The van der Waals surface area contributed by atoms with E-state index in [1.54, 1.807) is 0 Å². The maximum atomic E-state index is 10.0. The summed E-state index contributed by atoms with van der Waals surface area (Å²) in [5.74, 6) is 1.37. The Balaban J connectivity index is 1.60. The fraction of sp³-hybridized carbons (Fsp3) is 1.00. The molecule has 3 unspecified atom stereocenters. The summed E-state index contributed by atoms with van der Waals surface area (Å²) in [6.45, 7) is 4.82. The molecule has 0 bridgehead atoms. The molecule has 0 aromatic heterocycles. The van der Waals surface area contributed by atoms with E-state index in [0.717, 1.165) is 18.9 Å².